The Kier molecular flexibility index (Phi) is 7.38. The summed E-state index contributed by atoms with van der Waals surface area (Å²) >= 11 is 0. The van der Waals surface area contributed by atoms with Crippen molar-refractivity contribution in [2.45, 2.75) is 32.7 Å². The Labute approximate surface area is 124 Å². The summed E-state index contributed by atoms with van der Waals surface area (Å²) < 4.78 is 1.48. The number of hydrogen-bond acceptors (Lipinski definition) is 5. The number of nitrogens with one attached hydrogen (secondary N) is 1. The fourth-order valence-corrected chi connectivity index (χ4v) is 1.70. The van der Waals surface area contributed by atoms with Crippen LogP contribution in [0.5, 0.6) is 0 Å². The van der Waals surface area contributed by atoms with Crippen LogP contribution in [0, 0.1) is 0 Å². The molecule has 8 heteroatoms. The van der Waals surface area contributed by atoms with Gasteiger partial charge in [-0.2, -0.15) is 0 Å². The van der Waals surface area contributed by atoms with Crippen molar-refractivity contribution in [1.29, 1.82) is 0 Å². The number of nitrogens with zero attached hydrogens (tertiary/aromatic N) is 4. The zero-order chi connectivity index (χ0) is 15.7. The third-order valence-corrected chi connectivity index (χ3v) is 2.90. The first kappa shape index (κ1) is 17.1. The third kappa shape index (κ3) is 6.35. The van der Waals surface area contributed by atoms with Crippen LogP contribution in [0.1, 0.15) is 25.5 Å². The summed E-state index contributed by atoms with van der Waals surface area (Å²) in [5.41, 5.74) is 6.25. The van der Waals surface area contributed by atoms with Crippen LogP contribution in [0.4, 0.5) is 0 Å². The molecule has 1 aromatic heterocycles. The highest BCUT2D eigenvalue weighted by Gasteiger charge is 2.14. The molecule has 0 radical (unpaired) electrons. The second-order valence-electron chi connectivity index (χ2n) is 4.90. The van der Waals surface area contributed by atoms with Gasteiger partial charge in [0.05, 0.1) is 12.2 Å². The lowest BCUT2D eigenvalue weighted by Crippen LogP contribution is -2.40. The molecule has 0 atom stereocenters. The number of nitrogens with two attached hydrogens (primary N) is 1. The lowest BCUT2D eigenvalue weighted by molar-refractivity contribution is -0.135. The van der Waals surface area contributed by atoms with Crippen molar-refractivity contribution < 1.29 is 9.59 Å². The highest BCUT2D eigenvalue weighted by Crippen LogP contribution is 1.98. The molecule has 0 fully saturated rings. The van der Waals surface area contributed by atoms with E-state index < -0.39 is 0 Å². The molecule has 0 aromatic carbocycles. The summed E-state index contributed by atoms with van der Waals surface area (Å²) in [6.07, 6.45) is 4.19. The molecule has 1 rings (SSSR count). The molecule has 1 aromatic rings. The number of amides is 2. The molecule has 3 N–H and O–H groups in total. The van der Waals surface area contributed by atoms with Crippen molar-refractivity contribution in [3.63, 3.8) is 0 Å². The maximum Gasteiger partial charge on any atom is 0.244 e. The summed E-state index contributed by atoms with van der Waals surface area (Å²) in [6.45, 7) is 3.32. The molecular weight excluding hydrogens is 272 g/mol. The fraction of sp³-hybridized carbons (Fsp3) is 0.692. The summed E-state index contributed by atoms with van der Waals surface area (Å²) in [5.74, 6) is -0.341. The van der Waals surface area contributed by atoms with Crippen LogP contribution >= 0.6 is 0 Å². The van der Waals surface area contributed by atoms with Crippen LogP contribution in [0.3, 0.4) is 0 Å². The quantitative estimate of drug-likeness (QED) is 0.617. The molecule has 0 unspecified atom stereocenters. The Bertz CT molecular complexity index is 459. The van der Waals surface area contributed by atoms with E-state index in [1.54, 1.807) is 13.2 Å². The van der Waals surface area contributed by atoms with E-state index in [4.69, 9.17) is 5.73 Å². The topological polar surface area (TPSA) is 106 Å². The first-order valence-corrected chi connectivity index (χ1v) is 7.16. The van der Waals surface area contributed by atoms with Crippen molar-refractivity contribution in [3.8, 4) is 0 Å². The van der Waals surface area contributed by atoms with Gasteiger partial charge in [-0.3, -0.25) is 9.59 Å². The number of carbonyl (C=O) groups is 2. The van der Waals surface area contributed by atoms with Crippen molar-refractivity contribution in [2.75, 3.05) is 26.7 Å². The van der Waals surface area contributed by atoms with Crippen molar-refractivity contribution >= 4 is 11.8 Å². The minimum absolute atomic E-state index is 0.0492. The van der Waals surface area contributed by atoms with Crippen LogP contribution in [-0.2, 0) is 22.6 Å². The largest absolute Gasteiger partial charge is 0.355 e. The number of hydrogen-bond donors (Lipinski definition) is 2. The maximum atomic E-state index is 12.0. The van der Waals surface area contributed by atoms with Crippen molar-refractivity contribution in [3.05, 3.63) is 11.9 Å². The fourth-order valence-electron chi connectivity index (χ4n) is 1.70. The SMILES string of the molecule is CCCNC(=O)CN(C)C(=O)Cn1cc(CCCN)nn1. The number of rotatable bonds is 9. The molecule has 2 amide bonds. The summed E-state index contributed by atoms with van der Waals surface area (Å²) in [4.78, 5) is 24.9. The van der Waals surface area contributed by atoms with Crippen LogP contribution in [0.25, 0.3) is 0 Å². The summed E-state index contributed by atoms with van der Waals surface area (Å²) in [5, 5.41) is 10.6. The number of aryl methyl sites for hydroxylation is 1. The van der Waals surface area contributed by atoms with Gasteiger partial charge in [0, 0.05) is 19.8 Å². The average molecular weight is 296 g/mol. The molecule has 0 aliphatic heterocycles. The predicted molar refractivity (Wildman–Crippen MR) is 78.3 cm³/mol. The van der Waals surface area contributed by atoms with E-state index in [1.165, 1.54) is 9.58 Å². The standard InChI is InChI=1S/C13H24N6O2/c1-3-7-15-12(20)9-18(2)13(21)10-19-8-11(16-17-19)5-4-6-14/h8H,3-7,9-10,14H2,1-2H3,(H,15,20). The van der Waals surface area contributed by atoms with E-state index in [0.29, 0.717) is 13.1 Å². The molecule has 0 saturated heterocycles. The first-order valence-electron chi connectivity index (χ1n) is 7.16. The Morgan fingerprint density at radius 2 is 2.24 bits per heavy atom. The van der Waals surface area contributed by atoms with Gasteiger partial charge in [0.25, 0.3) is 0 Å². The van der Waals surface area contributed by atoms with Crippen LogP contribution in [0.15, 0.2) is 6.20 Å². The van der Waals surface area contributed by atoms with Crippen LogP contribution in [-0.4, -0.2) is 58.4 Å². The molecule has 21 heavy (non-hydrogen) atoms. The molecule has 118 valence electrons. The number of aromatic nitrogens is 3. The predicted octanol–water partition coefficient (Wildman–Crippen LogP) is -0.846. The molecule has 0 aliphatic rings. The Morgan fingerprint density at radius 1 is 1.48 bits per heavy atom. The Balaban J connectivity index is 2.41. The number of carbonyl (C=O) groups excluding carboxylic acids is 2. The molecule has 0 saturated carbocycles. The monoisotopic (exact) mass is 296 g/mol. The van der Waals surface area contributed by atoms with Gasteiger partial charge in [-0.25, -0.2) is 4.68 Å². The smallest absolute Gasteiger partial charge is 0.244 e. The Hall–Kier alpha value is -1.96. The minimum Gasteiger partial charge on any atom is -0.355 e. The highest BCUT2D eigenvalue weighted by molar-refractivity contribution is 5.84. The van der Waals surface area contributed by atoms with Gasteiger partial charge in [0.1, 0.15) is 6.54 Å². The molecule has 0 aliphatic carbocycles. The third-order valence-electron chi connectivity index (χ3n) is 2.90. The second kappa shape index (κ2) is 9.06. The van der Waals surface area contributed by atoms with E-state index in [1.807, 2.05) is 6.92 Å². The van der Waals surface area contributed by atoms with Gasteiger partial charge in [0.15, 0.2) is 0 Å². The second-order valence-corrected chi connectivity index (χ2v) is 4.90. The van der Waals surface area contributed by atoms with Gasteiger partial charge in [0.2, 0.25) is 11.8 Å². The van der Waals surface area contributed by atoms with Gasteiger partial charge < -0.3 is 16.0 Å². The molecule has 0 bridgehead atoms. The molecule has 1 heterocycles. The molecular formula is C13H24N6O2. The van der Waals surface area contributed by atoms with Crippen molar-refractivity contribution in [2.24, 2.45) is 5.73 Å². The molecule has 0 spiro atoms. The zero-order valence-electron chi connectivity index (χ0n) is 12.7. The van der Waals surface area contributed by atoms with Gasteiger partial charge in [-0.15, -0.1) is 5.10 Å². The van der Waals surface area contributed by atoms with Gasteiger partial charge in [-0.1, -0.05) is 12.1 Å². The average Bonchev–Trinajstić information content (AvgIpc) is 2.90. The lowest BCUT2D eigenvalue weighted by Gasteiger charge is -2.16. The maximum absolute atomic E-state index is 12.0. The highest BCUT2D eigenvalue weighted by atomic mass is 16.2. The minimum atomic E-state index is -0.183. The lowest BCUT2D eigenvalue weighted by atomic mass is 10.2. The molecule has 8 nitrogen and oxygen atoms in total. The first-order chi connectivity index (χ1) is 10.1. The van der Waals surface area contributed by atoms with Gasteiger partial charge >= 0.3 is 0 Å². The number of likely N-dealkylation sites (N-methyl/N-ethyl adjacent to an activating group) is 1. The van der Waals surface area contributed by atoms with E-state index in [-0.39, 0.29) is 24.9 Å². The van der Waals surface area contributed by atoms with E-state index >= 15 is 0 Å². The van der Waals surface area contributed by atoms with Gasteiger partial charge in [-0.05, 0) is 25.8 Å². The van der Waals surface area contributed by atoms with Crippen LogP contribution < -0.4 is 11.1 Å². The van der Waals surface area contributed by atoms with Crippen molar-refractivity contribution in [1.82, 2.24) is 25.2 Å². The van der Waals surface area contributed by atoms with Crippen LogP contribution in [0.2, 0.25) is 0 Å². The summed E-state index contributed by atoms with van der Waals surface area (Å²) in [7, 11) is 1.60. The zero-order valence-corrected chi connectivity index (χ0v) is 12.7. The van der Waals surface area contributed by atoms with E-state index in [2.05, 4.69) is 15.6 Å². The van der Waals surface area contributed by atoms with E-state index in [0.717, 1.165) is 25.0 Å². The summed E-state index contributed by atoms with van der Waals surface area (Å²) in [6, 6.07) is 0. The Morgan fingerprint density at radius 3 is 2.90 bits per heavy atom. The van der Waals surface area contributed by atoms with E-state index in [9.17, 15) is 9.59 Å². The normalized spacial score (nSPS) is 10.4.